The molecule has 44 heavy (non-hydrogen) atoms. The van der Waals surface area contributed by atoms with E-state index in [-0.39, 0.29) is 17.5 Å². The monoisotopic (exact) mass is 611 g/mol. The van der Waals surface area contributed by atoms with Crippen LogP contribution in [0.5, 0.6) is 0 Å². The number of ether oxygens (including phenoxy) is 1. The van der Waals surface area contributed by atoms with E-state index in [9.17, 15) is 27.6 Å². The van der Waals surface area contributed by atoms with Gasteiger partial charge in [0.15, 0.2) is 11.1 Å². The van der Waals surface area contributed by atoms with Crippen molar-refractivity contribution < 1.29 is 32.3 Å². The van der Waals surface area contributed by atoms with Crippen molar-refractivity contribution in [2.75, 3.05) is 13.7 Å². The molecule has 4 aromatic rings. The average Bonchev–Trinajstić information content (AvgIpc) is 3.66. The summed E-state index contributed by atoms with van der Waals surface area (Å²) < 4.78 is 50.4. The predicted molar refractivity (Wildman–Crippen MR) is 151 cm³/mol. The molecule has 0 aliphatic carbocycles. The molecular formula is C30H32F3N7O4. The lowest BCUT2D eigenvalue weighted by molar-refractivity contribution is -0.172. The third kappa shape index (κ3) is 5.88. The molecule has 0 bridgehead atoms. The summed E-state index contributed by atoms with van der Waals surface area (Å²) in [6, 6.07) is 10.0. The number of nitrogens with one attached hydrogen (secondary N) is 2. The van der Waals surface area contributed by atoms with Crippen LogP contribution in [0.2, 0.25) is 0 Å². The van der Waals surface area contributed by atoms with E-state index >= 15 is 0 Å². The molecule has 1 fully saturated rings. The first kappa shape index (κ1) is 30.7. The number of carbonyl (C=O) groups is 3. The Kier molecular flexibility index (Phi) is 8.44. The molecule has 0 saturated carbocycles. The number of piperidine rings is 1. The SMILES string of the molecule is CC[C@@H](c1ccc(F)cc1)C(NC(=O)c1ccnn1CC)c1cn2nc(CC3(C(=O)OC)CC(F)(F)CNC3=O)ccc2n1. The van der Waals surface area contributed by atoms with Crippen LogP contribution in [0.1, 0.15) is 66.1 Å². The van der Waals surface area contributed by atoms with Crippen LogP contribution in [-0.4, -0.2) is 61.7 Å². The number of hydrogen-bond acceptors (Lipinski definition) is 7. The summed E-state index contributed by atoms with van der Waals surface area (Å²) in [7, 11) is 1.04. The highest BCUT2D eigenvalue weighted by Crippen LogP contribution is 2.40. The minimum absolute atomic E-state index is 0.178. The van der Waals surface area contributed by atoms with Crippen molar-refractivity contribution in [3.05, 3.63) is 83.3 Å². The zero-order valence-electron chi connectivity index (χ0n) is 24.4. The largest absolute Gasteiger partial charge is 0.468 e. The van der Waals surface area contributed by atoms with E-state index < -0.39 is 54.5 Å². The molecule has 11 nitrogen and oxygen atoms in total. The molecule has 14 heteroatoms. The summed E-state index contributed by atoms with van der Waals surface area (Å²) in [5.41, 5.74) is -0.0514. The number of rotatable bonds is 10. The van der Waals surface area contributed by atoms with Crippen molar-refractivity contribution in [2.45, 2.75) is 57.5 Å². The molecule has 1 aliphatic rings. The lowest BCUT2D eigenvalue weighted by atomic mass is 9.74. The number of methoxy groups -OCH3 is 1. The Morgan fingerprint density at radius 1 is 1.14 bits per heavy atom. The number of carbonyl (C=O) groups excluding carboxylic acids is 3. The van der Waals surface area contributed by atoms with E-state index in [0.29, 0.717) is 30.0 Å². The Labute approximate surface area is 250 Å². The van der Waals surface area contributed by atoms with Gasteiger partial charge in [-0.25, -0.2) is 22.7 Å². The molecule has 2 amide bonds. The topological polar surface area (TPSA) is 133 Å². The zero-order chi connectivity index (χ0) is 31.6. The van der Waals surface area contributed by atoms with Crippen LogP contribution < -0.4 is 10.6 Å². The third-order valence-electron chi connectivity index (χ3n) is 7.95. The van der Waals surface area contributed by atoms with Gasteiger partial charge in [-0.2, -0.15) is 10.2 Å². The maximum Gasteiger partial charge on any atom is 0.322 e. The fourth-order valence-electron chi connectivity index (χ4n) is 5.78. The van der Waals surface area contributed by atoms with E-state index in [1.807, 2.05) is 13.8 Å². The van der Waals surface area contributed by atoms with Crippen LogP contribution in [0.25, 0.3) is 5.65 Å². The molecule has 0 radical (unpaired) electrons. The lowest BCUT2D eigenvalue weighted by Crippen LogP contribution is -2.59. The number of fused-ring (bicyclic) bond motifs is 1. The zero-order valence-corrected chi connectivity index (χ0v) is 24.4. The van der Waals surface area contributed by atoms with Crippen LogP contribution in [0.4, 0.5) is 13.2 Å². The first-order chi connectivity index (χ1) is 21.0. The normalized spacial score (nSPS) is 19.3. The highest BCUT2D eigenvalue weighted by molar-refractivity contribution is 6.03. The number of amides is 2. The van der Waals surface area contributed by atoms with Gasteiger partial charge >= 0.3 is 5.97 Å². The van der Waals surface area contributed by atoms with Crippen LogP contribution in [0.15, 0.2) is 54.9 Å². The summed E-state index contributed by atoms with van der Waals surface area (Å²) >= 11 is 0. The first-order valence-electron chi connectivity index (χ1n) is 14.2. The molecule has 232 valence electrons. The fraction of sp³-hybridized carbons (Fsp3) is 0.400. The number of aromatic nitrogens is 5. The molecule has 4 heterocycles. The van der Waals surface area contributed by atoms with Gasteiger partial charge < -0.3 is 15.4 Å². The van der Waals surface area contributed by atoms with Crippen molar-refractivity contribution in [1.82, 2.24) is 35.0 Å². The lowest BCUT2D eigenvalue weighted by Gasteiger charge is -2.37. The number of esters is 1. The molecule has 3 atom stereocenters. The summed E-state index contributed by atoms with van der Waals surface area (Å²) in [5.74, 6) is -6.36. The molecule has 2 unspecified atom stereocenters. The van der Waals surface area contributed by atoms with Crippen molar-refractivity contribution in [1.29, 1.82) is 0 Å². The summed E-state index contributed by atoms with van der Waals surface area (Å²) in [5, 5.41) is 13.9. The van der Waals surface area contributed by atoms with Crippen LogP contribution in [-0.2, 0) is 27.3 Å². The second-order valence-electron chi connectivity index (χ2n) is 10.8. The average molecular weight is 612 g/mol. The summed E-state index contributed by atoms with van der Waals surface area (Å²) in [6.07, 6.45) is 2.23. The molecule has 2 N–H and O–H groups in total. The number of alkyl halides is 2. The number of aryl methyl sites for hydroxylation is 1. The number of benzene rings is 1. The van der Waals surface area contributed by atoms with Gasteiger partial charge in [0.2, 0.25) is 5.91 Å². The number of hydrogen-bond donors (Lipinski definition) is 2. The number of imidazole rings is 1. The van der Waals surface area contributed by atoms with Gasteiger partial charge in [-0.05, 0) is 49.2 Å². The second-order valence-corrected chi connectivity index (χ2v) is 10.8. The highest BCUT2D eigenvalue weighted by atomic mass is 19.3. The third-order valence-corrected chi connectivity index (χ3v) is 7.95. The van der Waals surface area contributed by atoms with Crippen LogP contribution >= 0.6 is 0 Å². The molecule has 1 aliphatic heterocycles. The van der Waals surface area contributed by atoms with E-state index in [2.05, 4.69) is 20.8 Å². The van der Waals surface area contributed by atoms with Gasteiger partial charge in [0.1, 0.15) is 11.5 Å². The van der Waals surface area contributed by atoms with Crippen LogP contribution in [0, 0.1) is 11.2 Å². The van der Waals surface area contributed by atoms with E-state index in [4.69, 9.17) is 9.72 Å². The van der Waals surface area contributed by atoms with Gasteiger partial charge in [0, 0.05) is 31.5 Å². The van der Waals surface area contributed by atoms with Crippen molar-refractivity contribution in [3.8, 4) is 0 Å². The van der Waals surface area contributed by atoms with Gasteiger partial charge in [0.05, 0.1) is 37.3 Å². The maximum atomic E-state index is 14.4. The molecule has 1 aromatic carbocycles. The van der Waals surface area contributed by atoms with E-state index in [0.717, 1.165) is 12.7 Å². The van der Waals surface area contributed by atoms with Crippen molar-refractivity contribution in [2.24, 2.45) is 5.41 Å². The fourth-order valence-corrected chi connectivity index (χ4v) is 5.78. The predicted octanol–water partition coefficient (Wildman–Crippen LogP) is 3.61. The van der Waals surface area contributed by atoms with Crippen LogP contribution in [0.3, 0.4) is 0 Å². The van der Waals surface area contributed by atoms with Crippen molar-refractivity contribution in [3.63, 3.8) is 0 Å². The van der Waals surface area contributed by atoms with Gasteiger partial charge in [-0.3, -0.25) is 19.1 Å². The minimum Gasteiger partial charge on any atom is -0.468 e. The Morgan fingerprint density at radius 3 is 2.57 bits per heavy atom. The molecule has 0 spiro atoms. The second kappa shape index (κ2) is 12.1. The Morgan fingerprint density at radius 2 is 1.89 bits per heavy atom. The highest BCUT2D eigenvalue weighted by Gasteiger charge is 2.57. The van der Waals surface area contributed by atoms with E-state index in [1.54, 1.807) is 35.1 Å². The summed E-state index contributed by atoms with van der Waals surface area (Å²) in [4.78, 5) is 43.7. The number of halogens is 3. The summed E-state index contributed by atoms with van der Waals surface area (Å²) in [6.45, 7) is 3.41. The van der Waals surface area contributed by atoms with Crippen molar-refractivity contribution >= 4 is 23.4 Å². The quantitative estimate of drug-likeness (QED) is 0.207. The molecular weight excluding hydrogens is 579 g/mol. The van der Waals surface area contributed by atoms with Gasteiger partial charge in [-0.1, -0.05) is 19.1 Å². The molecule has 5 rings (SSSR count). The maximum absolute atomic E-state index is 14.4. The van der Waals surface area contributed by atoms with Gasteiger partial charge in [-0.15, -0.1) is 0 Å². The first-order valence-corrected chi connectivity index (χ1v) is 14.2. The minimum atomic E-state index is -3.32. The Balaban J connectivity index is 1.53. The molecule has 3 aromatic heterocycles. The standard InChI is InChI=1S/C30H32F3N7O4/c1-4-21(18-6-8-19(31)9-7-18)25(37-26(41)23-12-13-35-39(23)5-2)22-15-40-24(36-22)11-10-20(38-40)14-29(28(43)44-3)16-30(32,33)17-34-27(29)42/h6-13,15,21,25H,4-5,14,16-17H2,1-3H3,(H,34,42)(H,37,41)/t21-,25?,29?/m0/s1. The Bertz CT molecular complexity index is 1680. The number of nitrogens with zero attached hydrogens (tertiary/aromatic N) is 5. The van der Waals surface area contributed by atoms with E-state index in [1.165, 1.54) is 28.9 Å². The Hall–Kier alpha value is -4.75. The van der Waals surface area contributed by atoms with Gasteiger partial charge in [0.25, 0.3) is 11.8 Å². The molecule has 1 saturated heterocycles. The smallest absolute Gasteiger partial charge is 0.322 e.